The number of esters is 1. The van der Waals surface area contributed by atoms with Crippen LogP contribution in [0.1, 0.15) is 82.8 Å². The van der Waals surface area contributed by atoms with Crippen LogP contribution in [0.15, 0.2) is 29.8 Å². The summed E-state index contributed by atoms with van der Waals surface area (Å²) in [6.45, 7) is 7.98. The maximum absolute atomic E-state index is 12.2. The number of rotatable bonds is 4. The van der Waals surface area contributed by atoms with E-state index < -0.39 is 0 Å². The molecular formula is C28H38O4. The Balaban J connectivity index is 1.37. The van der Waals surface area contributed by atoms with Crippen LogP contribution < -0.4 is 4.74 Å². The van der Waals surface area contributed by atoms with Crippen LogP contribution in [0, 0.1) is 23.2 Å². The maximum Gasteiger partial charge on any atom is 0.330 e. The predicted molar refractivity (Wildman–Crippen MR) is 125 cm³/mol. The fraction of sp³-hybridized carbons (Fsp3) is 0.679. The number of carbonyl (C=O) groups is 1. The molecule has 6 atom stereocenters. The van der Waals surface area contributed by atoms with Crippen molar-refractivity contribution in [1.82, 2.24) is 0 Å². The lowest BCUT2D eigenvalue weighted by Gasteiger charge is -2.52. The van der Waals surface area contributed by atoms with Gasteiger partial charge in [-0.2, -0.15) is 0 Å². The van der Waals surface area contributed by atoms with Gasteiger partial charge in [0.25, 0.3) is 0 Å². The van der Waals surface area contributed by atoms with Crippen molar-refractivity contribution in [1.29, 1.82) is 0 Å². The maximum atomic E-state index is 12.2. The van der Waals surface area contributed by atoms with E-state index >= 15 is 0 Å². The van der Waals surface area contributed by atoms with Crippen molar-refractivity contribution in [3.05, 3.63) is 41.0 Å². The topological polar surface area (TPSA) is 44.8 Å². The lowest BCUT2D eigenvalue weighted by molar-refractivity contribution is -0.137. The Hall–Kier alpha value is -1.81. The van der Waals surface area contributed by atoms with Gasteiger partial charge in [-0.3, -0.25) is 0 Å². The van der Waals surface area contributed by atoms with Crippen molar-refractivity contribution >= 4 is 5.97 Å². The largest absolute Gasteiger partial charge is 0.465 e. The first-order valence-corrected chi connectivity index (χ1v) is 12.8. The van der Waals surface area contributed by atoms with Crippen LogP contribution in [0.25, 0.3) is 0 Å². The average molecular weight is 439 g/mol. The summed E-state index contributed by atoms with van der Waals surface area (Å²) in [5.74, 6) is 3.39. The summed E-state index contributed by atoms with van der Waals surface area (Å²) < 4.78 is 17.2. The van der Waals surface area contributed by atoms with Crippen molar-refractivity contribution in [2.75, 3.05) is 13.2 Å². The van der Waals surface area contributed by atoms with Gasteiger partial charge < -0.3 is 14.2 Å². The highest BCUT2D eigenvalue weighted by Gasteiger charge is 2.54. The third-order valence-electron chi connectivity index (χ3n) is 8.88. The molecule has 1 aromatic carbocycles. The molecule has 1 saturated heterocycles. The molecule has 5 rings (SSSR count). The third-order valence-corrected chi connectivity index (χ3v) is 8.88. The number of benzene rings is 1. The van der Waals surface area contributed by atoms with Crippen LogP contribution in [-0.4, -0.2) is 25.5 Å². The number of carbonyl (C=O) groups excluding carboxylic acids is 1. The second-order valence-electron chi connectivity index (χ2n) is 10.7. The van der Waals surface area contributed by atoms with E-state index in [9.17, 15) is 4.79 Å². The summed E-state index contributed by atoms with van der Waals surface area (Å²) in [6, 6.07) is 6.79. The Bertz CT molecular complexity index is 883. The smallest absolute Gasteiger partial charge is 0.330 e. The molecule has 0 spiro atoms. The summed E-state index contributed by atoms with van der Waals surface area (Å²) in [4.78, 5) is 12.2. The second-order valence-corrected chi connectivity index (χ2v) is 10.7. The molecule has 1 aliphatic heterocycles. The van der Waals surface area contributed by atoms with Crippen LogP contribution in [-0.2, 0) is 20.7 Å². The number of hydrogen-bond acceptors (Lipinski definition) is 4. The highest BCUT2D eigenvalue weighted by molar-refractivity contribution is 5.83. The number of allylic oxidation sites excluding steroid dienone is 1. The van der Waals surface area contributed by atoms with Crippen molar-refractivity contribution in [3.8, 4) is 5.75 Å². The standard InChI is InChI=1S/C28H38O4/c1-4-30-25(29)17-20-8-11-24-27-18(2)15-19-16-21(32-26-7-5-6-14-31-26)9-10-22(19)23(27)12-13-28(20,24)3/h9-10,16-18,23-24,26-27H,4-8,11-15H2,1-3H3/b20-17+/t18-,23?,24?,26?,27?,28?/m1/s1. The van der Waals surface area contributed by atoms with E-state index in [0.717, 1.165) is 44.5 Å². The Morgan fingerprint density at radius 3 is 2.91 bits per heavy atom. The number of ether oxygens (including phenoxy) is 3. The molecule has 0 N–H and O–H groups in total. The first kappa shape index (κ1) is 22.0. The van der Waals surface area contributed by atoms with Crippen molar-refractivity contribution < 1.29 is 19.0 Å². The van der Waals surface area contributed by atoms with Gasteiger partial charge >= 0.3 is 5.97 Å². The minimum atomic E-state index is -0.164. The predicted octanol–water partition coefficient (Wildman–Crippen LogP) is 6.18. The summed E-state index contributed by atoms with van der Waals surface area (Å²) in [5.41, 5.74) is 4.47. The molecule has 4 nitrogen and oxygen atoms in total. The van der Waals surface area contributed by atoms with Crippen molar-refractivity contribution in [2.24, 2.45) is 23.2 Å². The van der Waals surface area contributed by atoms with Gasteiger partial charge in [-0.05, 0) is 104 Å². The van der Waals surface area contributed by atoms with E-state index in [0.29, 0.717) is 30.3 Å². The van der Waals surface area contributed by atoms with E-state index in [1.807, 2.05) is 13.0 Å². The van der Waals surface area contributed by atoms with E-state index in [4.69, 9.17) is 14.2 Å². The van der Waals surface area contributed by atoms with Gasteiger partial charge in [-0.25, -0.2) is 4.79 Å². The monoisotopic (exact) mass is 438 g/mol. The molecule has 4 heteroatoms. The van der Waals surface area contributed by atoms with Gasteiger partial charge in [-0.15, -0.1) is 0 Å². The molecule has 0 amide bonds. The van der Waals surface area contributed by atoms with Crippen LogP contribution in [0.5, 0.6) is 5.75 Å². The number of hydrogen-bond donors (Lipinski definition) is 0. The Labute approximate surface area is 192 Å². The van der Waals surface area contributed by atoms with Gasteiger partial charge in [0.1, 0.15) is 5.75 Å². The molecule has 0 bridgehead atoms. The Kier molecular flexibility index (Phi) is 6.09. The summed E-state index contributed by atoms with van der Waals surface area (Å²) in [5, 5.41) is 0. The highest BCUT2D eigenvalue weighted by atomic mass is 16.7. The molecule has 32 heavy (non-hydrogen) atoms. The van der Waals surface area contributed by atoms with E-state index in [1.54, 1.807) is 0 Å². The zero-order valence-electron chi connectivity index (χ0n) is 19.9. The fourth-order valence-electron chi connectivity index (χ4n) is 7.40. The third kappa shape index (κ3) is 3.89. The Morgan fingerprint density at radius 1 is 1.25 bits per heavy atom. The minimum absolute atomic E-state index is 0.0888. The van der Waals surface area contributed by atoms with Crippen LogP contribution in [0.4, 0.5) is 0 Å². The lowest BCUT2D eigenvalue weighted by atomic mass is 9.52. The lowest BCUT2D eigenvalue weighted by Crippen LogP contribution is -2.43. The fourth-order valence-corrected chi connectivity index (χ4v) is 7.40. The second kappa shape index (κ2) is 8.85. The Morgan fingerprint density at radius 2 is 2.12 bits per heavy atom. The molecular weight excluding hydrogens is 400 g/mol. The van der Waals surface area contributed by atoms with Gasteiger partial charge in [0.05, 0.1) is 13.2 Å². The summed E-state index contributed by atoms with van der Waals surface area (Å²) >= 11 is 0. The van der Waals surface area contributed by atoms with Gasteiger partial charge in [0.2, 0.25) is 0 Å². The van der Waals surface area contributed by atoms with Gasteiger partial charge in [0, 0.05) is 12.5 Å². The average Bonchev–Trinajstić information content (AvgIpc) is 3.10. The van der Waals surface area contributed by atoms with Crippen LogP contribution >= 0.6 is 0 Å². The van der Waals surface area contributed by atoms with E-state index in [-0.39, 0.29) is 17.7 Å². The van der Waals surface area contributed by atoms with Crippen molar-refractivity contribution in [3.63, 3.8) is 0 Å². The minimum Gasteiger partial charge on any atom is -0.465 e. The molecule has 3 aliphatic carbocycles. The van der Waals surface area contributed by atoms with Gasteiger partial charge in [0.15, 0.2) is 6.29 Å². The van der Waals surface area contributed by atoms with Gasteiger partial charge in [-0.1, -0.05) is 25.5 Å². The highest BCUT2D eigenvalue weighted by Crippen LogP contribution is 2.63. The normalized spacial score (nSPS) is 37.3. The molecule has 1 heterocycles. The van der Waals surface area contributed by atoms with E-state index in [2.05, 4.69) is 32.0 Å². The molecule has 1 aromatic rings. The van der Waals surface area contributed by atoms with Crippen LogP contribution in [0.2, 0.25) is 0 Å². The first-order valence-electron chi connectivity index (χ1n) is 12.8. The van der Waals surface area contributed by atoms with Crippen LogP contribution in [0.3, 0.4) is 0 Å². The zero-order valence-corrected chi connectivity index (χ0v) is 19.9. The SMILES string of the molecule is CCOC(=O)/C=C1\CCC2C3C(CCC12C)c1ccc(OC2CCCCO2)cc1C[C@H]3C. The zero-order chi connectivity index (χ0) is 22.3. The number of fused-ring (bicyclic) bond motifs is 5. The molecule has 4 aliphatic rings. The molecule has 174 valence electrons. The quantitative estimate of drug-likeness (QED) is 0.416. The first-order chi connectivity index (χ1) is 15.5. The molecule has 0 aromatic heterocycles. The summed E-state index contributed by atoms with van der Waals surface area (Å²) in [7, 11) is 0. The molecule has 3 fully saturated rings. The van der Waals surface area contributed by atoms with E-state index in [1.165, 1.54) is 36.0 Å². The van der Waals surface area contributed by atoms with Crippen molar-refractivity contribution in [2.45, 2.75) is 84.3 Å². The molecule has 0 radical (unpaired) electrons. The molecule has 5 unspecified atom stereocenters. The molecule has 2 saturated carbocycles. The summed E-state index contributed by atoms with van der Waals surface area (Å²) in [6.07, 6.45) is 10.7.